The molecule has 1 fully saturated rings. The Morgan fingerprint density at radius 3 is 2.68 bits per heavy atom. The normalized spacial score (nSPS) is 16.8. The van der Waals surface area contributed by atoms with Gasteiger partial charge in [-0.25, -0.2) is 0 Å². The lowest BCUT2D eigenvalue weighted by atomic mass is 10.1. The molecule has 1 atom stereocenters. The Bertz CT molecular complexity index is 551. The highest BCUT2D eigenvalue weighted by atomic mass is 16.5. The van der Waals surface area contributed by atoms with Gasteiger partial charge >= 0.3 is 0 Å². The molecule has 138 valence electrons. The van der Waals surface area contributed by atoms with Gasteiger partial charge in [0.15, 0.2) is 0 Å². The number of amides is 2. The highest BCUT2D eigenvalue weighted by Gasteiger charge is 2.15. The average molecular weight is 348 g/mol. The molecule has 0 spiro atoms. The molecule has 25 heavy (non-hydrogen) atoms. The van der Waals surface area contributed by atoms with Gasteiger partial charge in [0.1, 0.15) is 0 Å². The van der Waals surface area contributed by atoms with Crippen molar-refractivity contribution in [3.8, 4) is 0 Å². The van der Waals surface area contributed by atoms with Crippen molar-refractivity contribution in [3.63, 3.8) is 0 Å². The van der Waals surface area contributed by atoms with Crippen LogP contribution in [0.5, 0.6) is 0 Å². The van der Waals surface area contributed by atoms with E-state index in [9.17, 15) is 9.59 Å². The van der Waals surface area contributed by atoms with E-state index in [2.05, 4.69) is 10.6 Å². The molecule has 0 aromatic heterocycles. The Morgan fingerprint density at radius 1 is 1.28 bits per heavy atom. The molecule has 2 rings (SSSR count). The molecular weight excluding hydrogens is 320 g/mol. The summed E-state index contributed by atoms with van der Waals surface area (Å²) in [5.74, 6) is 0.198. The van der Waals surface area contributed by atoms with Gasteiger partial charge in [0.05, 0.1) is 25.7 Å². The first-order valence-corrected chi connectivity index (χ1v) is 8.92. The fourth-order valence-electron chi connectivity index (χ4n) is 2.48. The maximum atomic E-state index is 11.9. The fraction of sp³-hybridized carbons (Fsp3) is 0.579. The number of hydrogen-bond acceptors (Lipinski definition) is 4. The van der Waals surface area contributed by atoms with E-state index < -0.39 is 0 Å². The van der Waals surface area contributed by atoms with Crippen LogP contribution in [0.4, 0.5) is 5.69 Å². The fourth-order valence-corrected chi connectivity index (χ4v) is 2.48. The Kier molecular flexibility index (Phi) is 7.88. The van der Waals surface area contributed by atoms with Crippen molar-refractivity contribution in [2.75, 3.05) is 31.7 Å². The van der Waals surface area contributed by atoms with Crippen LogP contribution >= 0.6 is 0 Å². The predicted octanol–water partition coefficient (Wildman–Crippen LogP) is 2.60. The van der Waals surface area contributed by atoms with E-state index in [1.807, 2.05) is 13.8 Å². The third-order valence-electron chi connectivity index (χ3n) is 3.90. The van der Waals surface area contributed by atoms with Gasteiger partial charge in [-0.05, 0) is 43.0 Å². The van der Waals surface area contributed by atoms with Crippen LogP contribution in [-0.4, -0.2) is 44.3 Å². The van der Waals surface area contributed by atoms with E-state index in [1.54, 1.807) is 24.3 Å². The lowest BCUT2D eigenvalue weighted by Gasteiger charge is -2.10. The summed E-state index contributed by atoms with van der Waals surface area (Å²) in [6, 6.07) is 6.88. The molecule has 1 aromatic rings. The Balaban J connectivity index is 1.67. The number of anilines is 1. The van der Waals surface area contributed by atoms with Crippen LogP contribution < -0.4 is 10.6 Å². The largest absolute Gasteiger partial charge is 0.378 e. The highest BCUT2D eigenvalue weighted by Crippen LogP contribution is 2.12. The van der Waals surface area contributed by atoms with Crippen molar-refractivity contribution in [2.45, 2.75) is 39.2 Å². The predicted molar refractivity (Wildman–Crippen MR) is 96.7 cm³/mol. The summed E-state index contributed by atoms with van der Waals surface area (Å²) in [7, 11) is 0. The Hall–Kier alpha value is -1.92. The van der Waals surface area contributed by atoms with E-state index in [-0.39, 0.29) is 17.9 Å². The van der Waals surface area contributed by atoms with E-state index in [0.29, 0.717) is 43.3 Å². The molecule has 0 saturated carbocycles. The van der Waals surface area contributed by atoms with Gasteiger partial charge in [-0.3, -0.25) is 9.59 Å². The molecule has 1 aliphatic heterocycles. The van der Waals surface area contributed by atoms with Crippen molar-refractivity contribution in [2.24, 2.45) is 5.92 Å². The number of rotatable bonds is 9. The van der Waals surface area contributed by atoms with Crippen molar-refractivity contribution >= 4 is 17.5 Å². The summed E-state index contributed by atoms with van der Waals surface area (Å²) in [4.78, 5) is 23.8. The molecule has 0 bridgehead atoms. The summed E-state index contributed by atoms with van der Waals surface area (Å²) in [6.07, 6.45) is 2.59. The van der Waals surface area contributed by atoms with Crippen molar-refractivity contribution in [1.82, 2.24) is 5.32 Å². The third kappa shape index (κ3) is 7.23. The standard InChI is InChI=1S/C19H28N2O4/c1-14(2)12-20-19(23)15-5-7-16(8-6-15)21-18(22)9-11-24-13-17-4-3-10-25-17/h5-8,14,17H,3-4,9-13H2,1-2H3,(H,20,23)(H,21,22). The Labute approximate surface area is 149 Å². The van der Waals surface area contributed by atoms with Gasteiger partial charge < -0.3 is 20.1 Å². The van der Waals surface area contributed by atoms with E-state index in [4.69, 9.17) is 9.47 Å². The lowest BCUT2D eigenvalue weighted by molar-refractivity contribution is -0.117. The summed E-state index contributed by atoms with van der Waals surface area (Å²) in [6.45, 7) is 6.46. The zero-order valence-corrected chi connectivity index (χ0v) is 15.0. The maximum Gasteiger partial charge on any atom is 0.251 e. The van der Waals surface area contributed by atoms with E-state index in [0.717, 1.165) is 19.4 Å². The van der Waals surface area contributed by atoms with E-state index in [1.165, 1.54) is 0 Å². The van der Waals surface area contributed by atoms with E-state index >= 15 is 0 Å². The summed E-state index contributed by atoms with van der Waals surface area (Å²) in [5.41, 5.74) is 1.25. The average Bonchev–Trinajstić information content (AvgIpc) is 3.10. The quantitative estimate of drug-likeness (QED) is 0.673. The van der Waals surface area contributed by atoms with Gasteiger partial charge in [-0.2, -0.15) is 0 Å². The molecule has 1 aromatic carbocycles. The smallest absolute Gasteiger partial charge is 0.251 e. The van der Waals surface area contributed by atoms with Crippen LogP contribution in [0.3, 0.4) is 0 Å². The van der Waals surface area contributed by atoms with Gasteiger partial charge in [0.25, 0.3) is 5.91 Å². The lowest BCUT2D eigenvalue weighted by Crippen LogP contribution is -2.27. The zero-order chi connectivity index (χ0) is 18.1. The van der Waals surface area contributed by atoms with Crippen LogP contribution in [0.2, 0.25) is 0 Å². The Morgan fingerprint density at radius 2 is 2.04 bits per heavy atom. The van der Waals surface area contributed by atoms with Crippen molar-refractivity contribution < 1.29 is 19.1 Å². The summed E-state index contributed by atoms with van der Waals surface area (Å²) < 4.78 is 10.9. The minimum atomic E-state index is -0.107. The second-order valence-corrected chi connectivity index (χ2v) is 6.69. The van der Waals surface area contributed by atoms with Crippen molar-refractivity contribution in [3.05, 3.63) is 29.8 Å². The third-order valence-corrected chi connectivity index (χ3v) is 3.90. The van der Waals surface area contributed by atoms with Crippen LogP contribution in [-0.2, 0) is 14.3 Å². The number of benzene rings is 1. The van der Waals surface area contributed by atoms with Gasteiger partial charge in [0, 0.05) is 24.4 Å². The summed E-state index contributed by atoms with van der Waals surface area (Å²) in [5, 5.41) is 5.67. The van der Waals surface area contributed by atoms with Crippen LogP contribution in [0.1, 0.15) is 43.5 Å². The topological polar surface area (TPSA) is 76.7 Å². The molecule has 1 unspecified atom stereocenters. The molecule has 6 nitrogen and oxygen atoms in total. The number of nitrogens with one attached hydrogen (secondary N) is 2. The molecular formula is C19H28N2O4. The first kappa shape index (κ1) is 19.4. The first-order chi connectivity index (χ1) is 12.0. The SMILES string of the molecule is CC(C)CNC(=O)c1ccc(NC(=O)CCOCC2CCCO2)cc1. The molecule has 0 aliphatic carbocycles. The molecule has 2 N–H and O–H groups in total. The van der Waals surface area contributed by atoms with Gasteiger partial charge in [0.2, 0.25) is 5.91 Å². The second kappa shape index (κ2) is 10.2. The minimum absolute atomic E-state index is 0.103. The number of hydrogen-bond donors (Lipinski definition) is 2. The van der Waals surface area contributed by atoms with Crippen LogP contribution in [0, 0.1) is 5.92 Å². The molecule has 1 aliphatic rings. The maximum absolute atomic E-state index is 11.9. The van der Waals surface area contributed by atoms with Crippen LogP contribution in [0.15, 0.2) is 24.3 Å². The number of carbonyl (C=O) groups is 2. The molecule has 1 heterocycles. The van der Waals surface area contributed by atoms with Crippen LogP contribution in [0.25, 0.3) is 0 Å². The number of ether oxygens (including phenoxy) is 2. The van der Waals surface area contributed by atoms with Gasteiger partial charge in [-0.1, -0.05) is 13.8 Å². The minimum Gasteiger partial charge on any atom is -0.378 e. The second-order valence-electron chi connectivity index (χ2n) is 6.69. The summed E-state index contributed by atoms with van der Waals surface area (Å²) >= 11 is 0. The monoisotopic (exact) mass is 348 g/mol. The molecule has 0 radical (unpaired) electrons. The zero-order valence-electron chi connectivity index (χ0n) is 15.0. The number of carbonyl (C=O) groups excluding carboxylic acids is 2. The highest BCUT2D eigenvalue weighted by molar-refractivity contribution is 5.95. The van der Waals surface area contributed by atoms with Crippen molar-refractivity contribution in [1.29, 1.82) is 0 Å². The molecule has 6 heteroatoms. The first-order valence-electron chi connectivity index (χ1n) is 8.92. The molecule has 1 saturated heterocycles. The molecule has 2 amide bonds. The van der Waals surface area contributed by atoms with Gasteiger partial charge in [-0.15, -0.1) is 0 Å².